The smallest absolute Gasteiger partial charge is 0.224 e. The Hall–Kier alpha value is -2.62. The molecule has 1 N–H and O–H groups in total. The fraction of sp³-hybridized carbons (Fsp3) is 0.222. The summed E-state index contributed by atoms with van der Waals surface area (Å²) in [7, 11) is 3.59. The largest absolute Gasteiger partial charge is 0.370 e. The third kappa shape index (κ3) is 2.48. The van der Waals surface area contributed by atoms with Crippen molar-refractivity contribution in [3.63, 3.8) is 0 Å². The Bertz CT molecular complexity index is 753. The third-order valence-electron chi connectivity index (χ3n) is 4.03. The molecule has 0 aliphatic carbocycles. The van der Waals surface area contributed by atoms with E-state index in [0.29, 0.717) is 12.1 Å². The Morgan fingerprint density at radius 2 is 1.95 bits per heavy atom. The van der Waals surface area contributed by atoms with Gasteiger partial charge >= 0.3 is 0 Å². The Morgan fingerprint density at radius 1 is 1.18 bits per heavy atom. The van der Waals surface area contributed by atoms with Crippen LogP contribution in [-0.2, 0) is 17.8 Å². The molecular formula is C18H18N2O2. The SMILES string of the molecule is CNC(=O)Cc1ccc2c(c1)C(=O)c1ccccc1CN2C. The molecule has 2 aromatic rings. The fourth-order valence-corrected chi connectivity index (χ4v) is 2.85. The van der Waals surface area contributed by atoms with Crippen LogP contribution in [0.1, 0.15) is 27.0 Å². The van der Waals surface area contributed by atoms with E-state index in [2.05, 4.69) is 10.2 Å². The first-order chi connectivity index (χ1) is 10.6. The van der Waals surface area contributed by atoms with Crippen LogP contribution in [-0.4, -0.2) is 25.8 Å². The number of benzene rings is 2. The highest BCUT2D eigenvalue weighted by Gasteiger charge is 2.23. The molecule has 4 nitrogen and oxygen atoms in total. The van der Waals surface area contributed by atoms with Crippen LogP contribution in [0, 0.1) is 0 Å². The topological polar surface area (TPSA) is 49.4 Å². The normalized spacial score (nSPS) is 13.2. The number of rotatable bonds is 2. The summed E-state index contributed by atoms with van der Waals surface area (Å²) in [6.07, 6.45) is 0.280. The van der Waals surface area contributed by atoms with E-state index < -0.39 is 0 Å². The molecule has 1 aliphatic rings. The zero-order chi connectivity index (χ0) is 15.7. The van der Waals surface area contributed by atoms with Crippen LogP contribution in [0.15, 0.2) is 42.5 Å². The number of hydrogen-bond acceptors (Lipinski definition) is 3. The third-order valence-corrected chi connectivity index (χ3v) is 4.03. The predicted octanol–water partition coefficient (Wildman–Crippen LogP) is 2.16. The summed E-state index contributed by atoms with van der Waals surface area (Å²) in [5.41, 5.74) is 4.18. The van der Waals surface area contributed by atoms with Crippen molar-refractivity contribution in [2.45, 2.75) is 13.0 Å². The van der Waals surface area contributed by atoms with Crippen molar-refractivity contribution in [2.75, 3.05) is 19.0 Å². The van der Waals surface area contributed by atoms with Crippen LogP contribution in [0.2, 0.25) is 0 Å². The molecule has 1 heterocycles. The second kappa shape index (κ2) is 5.64. The van der Waals surface area contributed by atoms with Crippen LogP contribution >= 0.6 is 0 Å². The molecule has 0 saturated carbocycles. The van der Waals surface area contributed by atoms with Crippen LogP contribution in [0.25, 0.3) is 0 Å². The van der Waals surface area contributed by atoms with Gasteiger partial charge in [0, 0.05) is 37.5 Å². The lowest BCUT2D eigenvalue weighted by molar-refractivity contribution is -0.119. The number of ketones is 1. The zero-order valence-corrected chi connectivity index (χ0v) is 12.7. The van der Waals surface area contributed by atoms with E-state index in [-0.39, 0.29) is 18.1 Å². The van der Waals surface area contributed by atoms with Gasteiger partial charge in [0.25, 0.3) is 0 Å². The molecule has 0 aromatic heterocycles. The molecule has 0 saturated heterocycles. The van der Waals surface area contributed by atoms with Crippen molar-refractivity contribution in [3.8, 4) is 0 Å². The first-order valence-electron chi connectivity index (χ1n) is 7.27. The van der Waals surface area contributed by atoms with Gasteiger partial charge in [-0.3, -0.25) is 9.59 Å². The van der Waals surface area contributed by atoms with E-state index in [1.54, 1.807) is 7.05 Å². The molecule has 112 valence electrons. The number of likely N-dealkylation sites (N-methyl/N-ethyl adjacent to an activating group) is 1. The van der Waals surface area contributed by atoms with Gasteiger partial charge in [0.2, 0.25) is 5.91 Å². The molecule has 0 bridgehead atoms. The van der Waals surface area contributed by atoms with E-state index in [9.17, 15) is 9.59 Å². The number of carbonyl (C=O) groups is 2. The van der Waals surface area contributed by atoms with E-state index in [1.807, 2.05) is 49.5 Å². The van der Waals surface area contributed by atoms with Crippen molar-refractivity contribution in [1.29, 1.82) is 0 Å². The van der Waals surface area contributed by atoms with Gasteiger partial charge in [-0.25, -0.2) is 0 Å². The highest BCUT2D eigenvalue weighted by molar-refractivity contribution is 6.14. The van der Waals surface area contributed by atoms with Gasteiger partial charge in [0.15, 0.2) is 5.78 Å². The average Bonchev–Trinajstić information content (AvgIpc) is 2.63. The van der Waals surface area contributed by atoms with Gasteiger partial charge in [-0.15, -0.1) is 0 Å². The summed E-state index contributed by atoms with van der Waals surface area (Å²) in [4.78, 5) is 26.5. The van der Waals surface area contributed by atoms with Crippen LogP contribution < -0.4 is 10.2 Å². The molecule has 0 fully saturated rings. The van der Waals surface area contributed by atoms with Gasteiger partial charge in [0.1, 0.15) is 0 Å². The lowest BCUT2D eigenvalue weighted by Gasteiger charge is -2.19. The Morgan fingerprint density at radius 3 is 2.73 bits per heavy atom. The molecule has 0 unspecified atom stereocenters. The van der Waals surface area contributed by atoms with Crippen LogP contribution in [0.3, 0.4) is 0 Å². The maximum absolute atomic E-state index is 12.9. The maximum atomic E-state index is 12.9. The first-order valence-corrected chi connectivity index (χ1v) is 7.27. The van der Waals surface area contributed by atoms with Gasteiger partial charge in [0.05, 0.1) is 6.42 Å². The van der Waals surface area contributed by atoms with Crippen molar-refractivity contribution in [3.05, 3.63) is 64.7 Å². The lowest BCUT2D eigenvalue weighted by Crippen LogP contribution is -2.20. The van der Waals surface area contributed by atoms with Crippen LogP contribution in [0.4, 0.5) is 5.69 Å². The first kappa shape index (κ1) is 14.3. The fourth-order valence-electron chi connectivity index (χ4n) is 2.85. The minimum atomic E-state index is -0.0604. The van der Waals surface area contributed by atoms with Gasteiger partial charge in [-0.1, -0.05) is 30.3 Å². The van der Waals surface area contributed by atoms with E-state index >= 15 is 0 Å². The predicted molar refractivity (Wildman–Crippen MR) is 86.2 cm³/mol. The molecule has 4 heteroatoms. The van der Waals surface area contributed by atoms with Crippen molar-refractivity contribution in [1.82, 2.24) is 5.32 Å². The average molecular weight is 294 g/mol. The molecule has 0 radical (unpaired) electrons. The summed E-state index contributed by atoms with van der Waals surface area (Å²) in [5.74, 6) is -0.0384. The van der Waals surface area contributed by atoms with Gasteiger partial charge in [-0.2, -0.15) is 0 Å². The Kier molecular flexibility index (Phi) is 3.67. The highest BCUT2D eigenvalue weighted by Crippen LogP contribution is 2.30. The van der Waals surface area contributed by atoms with E-state index in [4.69, 9.17) is 0 Å². The molecule has 1 amide bonds. The number of anilines is 1. The second-order valence-electron chi connectivity index (χ2n) is 5.54. The standard InChI is InChI=1S/C18H18N2O2/c1-19-17(21)10-12-7-8-16-15(9-12)18(22)14-6-4-3-5-13(14)11-20(16)2/h3-9H,10-11H2,1-2H3,(H,19,21). The highest BCUT2D eigenvalue weighted by atomic mass is 16.1. The van der Waals surface area contributed by atoms with Crippen molar-refractivity contribution < 1.29 is 9.59 Å². The quantitative estimate of drug-likeness (QED) is 0.923. The number of carbonyl (C=O) groups excluding carboxylic acids is 2. The van der Waals surface area contributed by atoms with Crippen molar-refractivity contribution >= 4 is 17.4 Å². The van der Waals surface area contributed by atoms with Gasteiger partial charge < -0.3 is 10.2 Å². The summed E-state index contributed by atoms with van der Waals surface area (Å²) < 4.78 is 0. The molecule has 22 heavy (non-hydrogen) atoms. The van der Waals surface area contributed by atoms with E-state index in [1.165, 1.54) is 0 Å². The number of nitrogens with one attached hydrogen (secondary N) is 1. The number of amides is 1. The summed E-state index contributed by atoms with van der Waals surface area (Å²) in [6.45, 7) is 0.698. The van der Waals surface area contributed by atoms with Crippen LogP contribution in [0.5, 0.6) is 0 Å². The minimum absolute atomic E-state index is 0.0220. The number of hydrogen-bond donors (Lipinski definition) is 1. The molecule has 1 aliphatic heterocycles. The minimum Gasteiger partial charge on any atom is -0.370 e. The second-order valence-corrected chi connectivity index (χ2v) is 5.54. The maximum Gasteiger partial charge on any atom is 0.224 e. The summed E-state index contributed by atoms with van der Waals surface area (Å²) in [5, 5.41) is 2.61. The van der Waals surface area contributed by atoms with Gasteiger partial charge in [-0.05, 0) is 23.3 Å². The zero-order valence-electron chi connectivity index (χ0n) is 12.7. The molecule has 0 atom stereocenters. The molecule has 2 aromatic carbocycles. The molecule has 3 rings (SSSR count). The molecule has 0 spiro atoms. The Balaban J connectivity index is 2.08. The van der Waals surface area contributed by atoms with E-state index in [0.717, 1.165) is 22.4 Å². The number of fused-ring (bicyclic) bond motifs is 2. The lowest BCUT2D eigenvalue weighted by atomic mass is 9.97. The number of nitrogens with zero attached hydrogens (tertiary/aromatic N) is 1. The monoisotopic (exact) mass is 294 g/mol. The molecular weight excluding hydrogens is 276 g/mol. The summed E-state index contributed by atoms with van der Waals surface area (Å²) in [6, 6.07) is 13.4. The van der Waals surface area contributed by atoms with Crippen molar-refractivity contribution in [2.24, 2.45) is 0 Å². The Labute approximate surface area is 129 Å². The summed E-state index contributed by atoms with van der Waals surface area (Å²) >= 11 is 0.